The summed E-state index contributed by atoms with van der Waals surface area (Å²) in [5.41, 5.74) is 0. The monoisotopic (exact) mass is 820 g/mol. The number of carbonyl (C=O) groups excluding carboxylic acids is 2. The molecule has 0 aromatic heterocycles. The number of ether oxygens (including phenoxy) is 1. The Bertz CT molecular complexity index is 878. The molecule has 0 radical (unpaired) electrons. The van der Waals surface area contributed by atoms with Gasteiger partial charge in [0.25, 0.3) is 0 Å². The molecule has 0 aliphatic heterocycles. The Hall–Kier alpha value is -1.40. The Kier molecular flexibility index (Phi) is 45.5. The van der Waals surface area contributed by atoms with Gasteiger partial charge in [0.1, 0.15) is 6.10 Å². The molecule has 6 heteroatoms. The molecule has 3 unspecified atom stereocenters. The number of aliphatic hydroxyl groups excluding tert-OH is 2. The second kappa shape index (κ2) is 46.7. The van der Waals surface area contributed by atoms with Crippen LogP contribution in [0.2, 0.25) is 0 Å². The van der Waals surface area contributed by atoms with Gasteiger partial charge in [-0.3, -0.25) is 9.59 Å². The summed E-state index contributed by atoms with van der Waals surface area (Å²) in [4.78, 5) is 26.1. The van der Waals surface area contributed by atoms with Crippen molar-refractivity contribution in [2.45, 2.75) is 302 Å². The van der Waals surface area contributed by atoms with Crippen LogP contribution in [0.1, 0.15) is 284 Å². The SMILES string of the molecule is CCCCCCCCC/C=C/CCCCCC(CC(=O)NC(CO)C(O)CCCCCCCCCCC)OC(=O)CCCCCCCCCCCCCCCCCC. The lowest BCUT2D eigenvalue weighted by Crippen LogP contribution is -2.46. The van der Waals surface area contributed by atoms with Gasteiger partial charge < -0.3 is 20.3 Å². The molecule has 0 bridgehead atoms. The number of carbonyl (C=O) groups is 2. The van der Waals surface area contributed by atoms with E-state index in [0.717, 1.165) is 64.2 Å². The van der Waals surface area contributed by atoms with Gasteiger partial charge in [0.2, 0.25) is 5.91 Å². The normalized spacial score (nSPS) is 13.3. The first kappa shape index (κ1) is 56.6. The van der Waals surface area contributed by atoms with Gasteiger partial charge in [0.15, 0.2) is 0 Å². The van der Waals surface area contributed by atoms with Crippen LogP contribution >= 0.6 is 0 Å². The summed E-state index contributed by atoms with van der Waals surface area (Å²) in [6.07, 6.45) is 51.3. The van der Waals surface area contributed by atoms with Gasteiger partial charge in [-0.25, -0.2) is 0 Å². The molecule has 0 heterocycles. The fourth-order valence-corrected chi connectivity index (χ4v) is 8.13. The summed E-state index contributed by atoms with van der Waals surface area (Å²) in [7, 11) is 0. The van der Waals surface area contributed by atoms with Crippen molar-refractivity contribution >= 4 is 11.9 Å². The maximum atomic E-state index is 13.2. The molecule has 3 atom stereocenters. The minimum Gasteiger partial charge on any atom is -0.462 e. The highest BCUT2D eigenvalue weighted by atomic mass is 16.5. The van der Waals surface area contributed by atoms with E-state index < -0.39 is 18.2 Å². The van der Waals surface area contributed by atoms with Crippen LogP contribution in [-0.2, 0) is 14.3 Å². The molecule has 0 aromatic rings. The van der Waals surface area contributed by atoms with Crippen LogP contribution in [0, 0.1) is 0 Å². The van der Waals surface area contributed by atoms with E-state index in [4.69, 9.17) is 4.74 Å². The van der Waals surface area contributed by atoms with Crippen molar-refractivity contribution < 1.29 is 24.5 Å². The molecule has 0 rings (SSSR count). The number of rotatable bonds is 47. The summed E-state index contributed by atoms with van der Waals surface area (Å²) in [5.74, 6) is -0.473. The molecule has 344 valence electrons. The first-order valence-corrected chi connectivity index (χ1v) is 25.9. The van der Waals surface area contributed by atoms with E-state index in [1.165, 1.54) is 173 Å². The van der Waals surface area contributed by atoms with E-state index in [1.807, 2.05) is 0 Å². The molecule has 0 saturated heterocycles. The predicted molar refractivity (Wildman–Crippen MR) is 250 cm³/mol. The number of hydrogen-bond donors (Lipinski definition) is 3. The molecule has 0 saturated carbocycles. The quantitative estimate of drug-likeness (QED) is 0.0323. The second-order valence-corrected chi connectivity index (χ2v) is 17.9. The molecule has 0 fully saturated rings. The fraction of sp³-hybridized carbons (Fsp3) is 0.923. The standard InChI is InChI=1S/C52H101NO5/c1-4-7-10-13-16-19-21-23-25-26-28-30-33-36-39-42-45-52(57)58-48(43-40-37-34-32-29-27-24-22-20-17-14-11-8-5-2)46-51(56)53-49(47-54)50(55)44-41-38-35-31-18-15-12-9-6-3/h27,29,48-50,54-55H,4-26,28,30-47H2,1-3H3,(H,53,56)/b29-27+. The average Bonchev–Trinajstić information content (AvgIpc) is 3.22. The smallest absolute Gasteiger partial charge is 0.306 e. The molecule has 3 N–H and O–H groups in total. The van der Waals surface area contributed by atoms with Crippen molar-refractivity contribution in [3.8, 4) is 0 Å². The molecule has 58 heavy (non-hydrogen) atoms. The molecule has 0 spiro atoms. The van der Waals surface area contributed by atoms with E-state index >= 15 is 0 Å². The third-order valence-electron chi connectivity index (χ3n) is 12.1. The van der Waals surface area contributed by atoms with Crippen molar-refractivity contribution in [3.05, 3.63) is 12.2 Å². The summed E-state index contributed by atoms with van der Waals surface area (Å²) >= 11 is 0. The first-order valence-electron chi connectivity index (χ1n) is 25.9. The van der Waals surface area contributed by atoms with E-state index in [0.29, 0.717) is 19.3 Å². The van der Waals surface area contributed by atoms with Crippen LogP contribution in [0.15, 0.2) is 12.2 Å². The topological polar surface area (TPSA) is 95.9 Å². The van der Waals surface area contributed by atoms with Crippen molar-refractivity contribution in [2.24, 2.45) is 0 Å². The van der Waals surface area contributed by atoms with E-state index in [9.17, 15) is 19.8 Å². The van der Waals surface area contributed by atoms with Crippen LogP contribution in [0.25, 0.3) is 0 Å². The molecule has 0 aliphatic carbocycles. The van der Waals surface area contributed by atoms with Crippen LogP contribution in [-0.4, -0.2) is 46.9 Å². The van der Waals surface area contributed by atoms with Gasteiger partial charge in [-0.2, -0.15) is 0 Å². The summed E-state index contributed by atoms with van der Waals surface area (Å²) in [6, 6.07) is -0.698. The molecular formula is C52H101NO5. The lowest BCUT2D eigenvalue weighted by atomic mass is 10.0. The number of amides is 1. The number of esters is 1. The average molecular weight is 820 g/mol. The third-order valence-corrected chi connectivity index (χ3v) is 12.1. The highest BCUT2D eigenvalue weighted by Crippen LogP contribution is 2.18. The van der Waals surface area contributed by atoms with Gasteiger partial charge in [-0.1, -0.05) is 232 Å². The number of unbranched alkanes of at least 4 members (excludes halogenated alkanes) is 33. The zero-order valence-electron chi connectivity index (χ0n) is 39.2. The van der Waals surface area contributed by atoms with Gasteiger partial charge in [-0.15, -0.1) is 0 Å². The molecule has 0 aromatic carbocycles. The molecule has 0 aliphatic rings. The summed E-state index contributed by atoms with van der Waals surface area (Å²) in [5, 5.41) is 23.7. The van der Waals surface area contributed by atoms with E-state index in [2.05, 4.69) is 38.2 Å². The maximum Gasteiger partial charge on any atom is 0.306 e. The predicted octanol–water partition coefficient (Wildman–Crippen LogP) is 15.3. The zero-order valence-corrected chi connectivity index (χ0v) is 39.2. The second-order valence-electron chi connectivity index (χ2n) is 17.9. The number of nitrogens with one attached hydrogen (secondary N) is 1. The Morgan fingerprint density at radius 1 is 0.483 bits per heavy atom. The van der Waals surface area contributed by atoms with E-state index in [-0.39, 0.29) is 24.9 Å². The minimum atomic E-state index is -0.784. The summed E-state index contributed by atoms with van der Waals surface area (Å²) < 4.78 is 5.93. The van der Waals surface area contributed by atoms with Crippen LogP contribution in [0.4, 0.5) is 0 Å². The van der Waals surface area contributed by atoms with Crippen molar-refractivity contribution in [1.82, 2.24) is 5.32 Å². The Balaban J connectivity index is 4.53. The lowest BCUT2D eigenvalue weighted by Gasteiger charge is -2.24. The van der Waals surface area contributed by atoms with Gasteiger partial charge in [-0.05, 0) is 51.4 Å². The lowest BCUT2D eigenvalue weighted by molar-refractivity contribution is -0.151. The van der Waals surface area contributed by atoms with E-state index in [1.54, 1.807) is 0 Å². The molecular weight excluding hydrogens is 719 g/mol. The third kappa shape index (κ3) is 41.3. The highest BCUT2D eigenvalue weighted by molar-refractivity contribution is 5.77. The van der Waals surface area contributed by atoms with Gasteiger partial charge in [0, 0.05) is 6.42 Å². The van der Waals surface area contributed by atoms with Crippen molar-refractivity contribution in [3.63, 3.8) is 0 Å². The minimum absolute atomic E-state index is 0.0737. The van der Waals surface area contributed by atoms with Crippen molar-refractivity contribution in [1.29, 1.82) is 0 Å². The molecule has 1 amide bonds. The van der Waals surface area contributed by atoms with Crippen LogP contribution < -0.4 is 5.32 Å². The van der Waals surface area contributed by atoms with Gasteiger partial charge >= 0.3 is 5.97 Å². The van der Waals surface area contributed by atoms with Crippen LogP contribution in [0.5, 0.6) is 0 Å². The largest absolute Gasteiger partial charge is 0.462 e. The molecule has 6 nitrogen and oxygen atoms in total. The number of hydrogen-bond acceptors (Lipinski definition) is 5. The van der Waals surface area contributed by atoms with Crippen molar-refractivity contribution in [2.75, 3.05) is 6.61 Å². The Morgan fingerprint density at radius 3 is 1.24 bits per heavy atom. The van der Waals surface area contributed by atoms with Crippen LogP contribution in [0.3, 0.4) is 0 Å². The fourth-order valence-electron chi connectivity index (χ4n) is 8.13. The first-order chi connectivity index (χ1) is 28.5. The summed E-state index contributed by atoms with van der Waals surface area (Å²) in [6.45, 7) is 6.48. The van der Waals surface area contributed by atoms with Gasteiger partial charge in [0.05, 0.1) is 25.2 Å². The number of allylic oxidation sites excluding steroid dienone is 2. The highest BCUT2D eigenvalue weighted by Gasteiger charge is 2.24. The number of aliphatic hydroxyl groups is 2. The maximum absolute atomic E-state index is 13.2. The zero-order chi connectivity index (χ0) is 42.4. The Labute approximate surface area is 361 Å². The Morgan fingerprint density at radius 2 is 0.828 bits per heavy atom.